The number of anilines is 1. The lowest BCUT2D eigenvalue weighted by molar-refractivity contribution is 0.988. The number of pyridine rings is 1. The van der Waals surface area contributed by atoms with E-state index in [2.05, 4.69) is 24.9 Å². The molecule has 3 aromatic rings. The Labute approximate surface area is 143 Å². The second kappa shape index (κ2) is 10.8. The van der Waals surface area contributed by atoms with E-state index in [-0.39, 0.29) is 0 Å². The zero-order valence-corrected chi connectivity index (χ0v) is 14.9. The van der Waals surface area contributed by atoms with E-state index in [0.717, 1.165) is 22.9 Å². The van der Waals surface area contributed by atoms with Gasteiger partial charge in [0.05, 0.1) is 5.69 Å². The molecule has 6 nitrogen and oxygen atoms in total. The molecule has 0 saturated carbocycles. The van der Waals surface area contributed by atoms with Crippen molar-refractivity contribution in [2.75, 3.05) is 19.0 Å². The van der Waals surface area contributed by atoms with Crippen molar-refractivity contribution in [2.45, 2.75) is 20.8 Å². The van der Waals surface area contributed by atoms with Gasteiger partial charge in [-0.25, -0.2) is 9.97 Å². The fraction of sp³-hybridized carbons (Fsp3) is 0.278. The molecule has 3 aromatic heterocycles. The first-order valence-corrected chi connectivity index (χ1v) is 7.55. The largest absolute Gasteiger partial charge is 0.347 e. The van der Waals surface area contributed by atoms with Gasteiger partial charge in [-0.05, 0) is 38.5 Å². The third-order valence-electron chi connectivity index (χ3n) is 2.67. The second-order valence-corrected chi connectivity index (χ2v) is 5.27. The van der Waals surface area contributed by atoms with Gasteiger partial charge in [-0.3, -0.25) is 15.0 Å². The topological polar surface area (TPSA) is 67.7 Å². The fourth-order valence-electron chi connectivity index (χ4n) is 1.44. The van der Waals surface area contributed by atoms with Gasteiger partial charge in [0.1, 0.15) is 0 Å². The van der Waals surface area contributed by atoms with E-state index in [0.29, 0.717) is 0 Å². The standard InChI is InChI=1S/C7H11N3.C6H7N.C5H6N2/c1-6-4-8-7(9-5-6)10(2)3;1-6-4-2-3-5-7-6;1-5-4-6-2-3-7-5/h4-5H,1-3H3;2-5H,1H3;2-4H,1H3. The molecule has 3 rings (SSSR count). The summed E-state index contributed by atoms with van der Waals surface area (Å²) >= 11 is 0. The third kappa shape index (κ3) is 8.53. The van der Waals surface area contributed by atoms with Crippen LogP contribution in [0, 0.1) is 20.8 Å². The van der Waals surface area contributed by atoms with Crippen molar-refractivity contribution in [3.8, 4) is 0 Å². The van der Waals surface area contributed by atoms with Crippen LogP contribution in [0.4, 0.5) is 5.95 Å². The lowest BCUT2D eigenvalue weighted by Crippen LogP contribution is -2.12. The van der Waals surface area contributed by atoms with Gasteiger partial charge < -0.3 is 4.90 Å². The van der Waals surface area contributed by atoms with Gasteiger partial charge >= 0.3 is 0 Å². The molecule has 24 heavy (non-hydrogen) atoms. The van der Waals surface area contributed by atoms with Crippen LogP contribution in [0.5, 0.6) is 0 Å². The molecule has 0 aliphatic carbocycles. The van der Waals surface area contributed by atoms with Crippen LogP contribution < -0.4 is 4.90 Å². The summed E-state index contributed by atoms with van der Waals surface area (Å²) in [6.45, 7) is 5.85. The predicted molar refractivity (Wildman–Crippen MR) is 96.8 cm³/mol. The summed E-state index contributed by atoms with van der Waals surface area (Å²) < 4.78 is 0. The van der Waals surface area contributed by atoms with Crippen LogP contribution in [-0.2, 0) is 0 Å². The molecular formula is C18H24N6. The van der Waals surface area contributed by atoms with Gasteiger partial charge in [0, 0.05) is 57.0 Å². The van der Waals surface area contributed by atoms with Crippen LogP contribution in [0.1, 0.15) is 17.0 Å². The molecule has 0 saturated heterocycles. The van der Waals surface area contributed by atoms with Crippen LogP contribution in [0.25, 0.3) is 0 Å². The monoisotopic (exact) mass is 324 g/mol. The third-order valence-corrected chi connectivity index (χ3v) is 2.67. The Kier molecular flexibility index (Phi) is 8.60. The number of hydrogen-bond donors (Lipinski definition) is 0. The van der Waals surface area contributed by atoms with E-state index in [4.69, 9.17) is 0 Å². The number of nitrogens with zero attached hydrogens (tertiary/aromatic N) is 6. The molecule has 0 unspecified atom stereocenters. The molecule has 0 fully saturated rings. The van der Waals surface area contributed by atoms with Gasteiger partial charge in [-0.15, -0.1) is 0 Å². The minimum atomic E-state index is 0.755. The highest BCUT2D eigenvalue weighted by Crippen LogP contribution is 2.00. The van der Waals surface area contributed by atoms with Crippen LogP contribution >= 0.6 is 0 Å². The number of rotatable bonds is 1. The summed E-state index contributed by atoms with van der Waals surface area (Å²) in [5.41, 5.74) is 3.12. The molecule has 126 valence electrons. The van der Waals surface area contributed by atoms with Gasteiger partial charge in [0.2, 0.25) is 5.95 Å². The highest BCUT2D eigenvalue weighted by atomic mass is 15.2. The van der Waals surface area contributed by atoms with Crippen molar-refractivity contribution in [3.05, 3.63) is 72.3 Å². The Morgan fingerprint density at radius 1 is 0.708 bits per heavy atom. The summed E-state index contributed by atoms with van der Waals surface area (Å²) in [4.78, 5) is 21.8. The summed E-state index contributed by atoms with van der Waals surface area (Å²) in [6, 6.07) is 5.86. The first kappa shape index (κ1) is 19.2. The Morgan fingerprint density at radius 3 is 1.71 bits per heavy atom. The number of aromatic nitrogens is 5. The summed E-state index contributed by atoms with van der Waals surface area (Å²) in [5, 5.41) is 0. The Bertz CT molecular complexity index is 631. The Balaban J connectivity index is 0.000000185. The first-order chi connectivity index (χ1) is 11.5. The average Bonchev–Trinajstić information content (AvgIpc) is 2.58. The molecular weight excluding hydrogens is 300 g/mol. The van der Waals surface area contributed by atoms with E-state index < -0.39 is 0 Å². The van der Waals surface area contributed by atoms with Gasteiger partial charge in [0.25, 0.3) is 0 Å². The van der Waals surface area contributed by atoms with E-state index in [1.54, 1.807) is 24.8 Å². The van der Waals surface area contributed by atoms with Gasteiger partial charge in [-0.2, -0.15) is 0 Å². The minimum Gasteiger partial charge on any atom is -0.347 e. The van der Waals surface area contributed by atoms with Crippen molar-refractivity contribution in [3.63, 3.8) is 0 Å². The number of hydrogen-bond acceptors (Lipinski definition) is 6. The van der Waals surface area contributed by atoms with Gasteiger partial charge in [0.15, 0.2) is 0 Å². The maximum atomic E-state index is 4.09. The molecule has 6 heteroatoms. The minimum absolute atomic E-state index is 0.755. The maximum absolute atomic E-state index is 4.09. The van der Waals surface area contributed by atoms with E-state index >= 15 is 0 Å². The molecule has 0 aromatic carbocycles. The molecule has 3 heterocycles. The fourth-order valence-corrected chi connectivity index (χ4v) is 1.44. The van der Waals surface area contributed by atoms with Gasteiger partial charge in [-0.1, -0.05) is 6.07 Å². The van der Waals surface area contributed by atoms with Crippen molar-refractivity contribution < 1.29 is 0 Å². The van der Waals surface area contributed by atoms with Crippen LogP contribution in [-0.4, -0.2) is 39.0 Å². The average molecular weight is 324 g/mol. The highest BCUT2D eigenvalue weighted by molar-refractivity contribution is 5.26. The predicted octanol–water partition coefficient (Wildman–Crippen LogP) is 3.03. The second-order valence-electron chi connectivity index (χ2n) is 5.27. The van der Waals surface area contributed by atoms with Crippen LogP contribution in [0.3, 0.4) is 0 Å². The quantitative estimate of drug-likeness (QED) is 0.685. The molecule has 0 N–H and O–H groups in total. The zero-order valence-electron chi connectivity index (χ0n) is 14.9. The summed E-state index contributed by atoms with van der Waals surface area (Å²) in [7, 11) is 3.84. The van der Waals surface area contributed by atoms with E-state index in [1.165, 1.54) is 0 Å². The highest BCUT2D eigenvalue weighted by Gasteiger charge is 1.94. The maximum Gasteiger partial charge on any atom is 0.224 e. The lowest BCUT2D eigenvalue weighted by Gasteiger charge is -2.08. The smallest absolute Gasteiger partial charge is 0.224 e. The summed E-state index contributed by atoms with van der Waals surface area (Å²) in [6.07, 6.45) is 10.5. The normalized spacial score (nSPS) is 9.04. The Hall–Kier alpha value is -2.89. The Morgan fingerprint density at radius 2 is 1.38 bits per heavy atom. The molecule has 0 atom stereocenters. The van der Waals surface area contributed by atoms with Crippen molar-refractivity contribution >= 4 is 5.95 Å². The van der Waals surface area contributed by atoms with Crippen molar-refractivity contribution in [1.29, 1.82) is 0 Å². The molecule has 0 radical (unpaired) electrons. The van der Waals surface area contributed by atoms with Crippen LogP contribution in [0.15, 0.2) is 55.4 Å². The SMILES string of the molecule is Cc1ccccn1.Cc1cnc(N(C)C)nc1.Cc1cnccn1. The zero-order chi connectivity index (χ0) is 17.8. The van der Waals surface area contributed by atoms with E-state index in [1.807, 2.05) is 70.4 Å². The number of aryl methyl sites for hydroxylation is 3. The molecule has 0 spiro atoms. The van der Waals surface area contributed by atoms with Crippen molar-refractivity contribution in [2.24, 2.45) is 0 Å². The summed E-state index contributed by atoms with van der Waals surface area (Å²) in [5.74, 6) is 0.755. The van der Waals surface area contributed by atoms with Crippen LogP contribution in [0.2, 0.25) is 0 Å². The molecule has 0 aliphatic heterocycles. The lowest BCUT2D eigenvalue weighted by atomic mass is 10.4. The molecule has 0 amide bonds. The van der Waals surface area contributed by atoms with E-state index in [9.17, 15) is 0 Å². The molecule has 0 aliphatic rings. The van der Waals surface area contributed by atoms with Crippen molar-refractivity contribution in [1.82, 2.24) is 24.9 Å². The molecule has 0 bridgehead atoms. The first-order valence-electron chi connectivity index (χ1n) is 7.55.